The zero-order valence-electron chi connectivity index (χ0n) is 13.2. The first-order chi connectivity index (χ1) is 9.74. The minimum Gasteiger partial charge on any atom is -0.313 e. The fourth-order valence-electron chi connectivity index (χ4n) is 3.22. The van der Waals surface area contributed by atoms with Gasteiger partial charge in [-0.05, 0) is 32.5 Å². The predicted molar refractivity (Wildman–Crippen MR) is 86.0 cm³/mol. The van der Waals surface area contributed by atoms with Gasteiger partial charge in [-0.3, -0.25) is 4.90 Å². The molecule has 1 aliphatic rings. The number of hydrogen-bond acceptors (Lipinski definition) is 3. The quantitative estimate of drug-likeness (QED) is 0.860. The normalized spacial score (nSPS) is 22.9. The summed E-state index contributed by atoms with van der Waals surface area (Å²) in [5.41, 5.74) is 1.40. The van der Waals surface area contributed by atoms with Crippen molar-refractivity contribution < 1.29 is 0 Å². The van der Waals surface area contributed by atoms with Gasteiger partial charge in [-0.15, -0.1) is 0 Å². The summed E-state index contributed by atoms with van der Waals surface area (Å²) in [6.07, 6.45) is 1.18. The van der Waals surface area contributed by atoms with E-state index in [2.05, 4.69) is 66.3 Å². The summed E-state index contributed by atoms with van der Waals surface area (Å²) in [6, 6.07) is 11.9. The molecule has 0 aliphatic carbocycles. The second-order valence-corrected chi connectivity index (χ2v) is 5.82. The maximum Gasteiger partial charge on any atom is 0.0329 e. The van der Waals surface area contributed by atoms with Crippen molar-refractivity contribution in [3.63, 3.8) is 0 Å². The lowest BCUT2D eigenvalue weighted by Gasteiger charge is -2.39. The third-order valence-electron chi connectivity index (χ3n) is 4.54. The van der Waals surface area contributed by atoms with Crippen LogP contribution in [0.15, 0.2) is 30.3 Å². The zero-order chi connectivity index (χ0) is 14.4. The molecule has 1 heterocycles. The molecule has 1 aromatic carbocycles. The van der Waals surface area contributed by atoms with Gasteiger partial charge in [-0.2, -0.15) is 0 Å². The van der Waals surface area contributed by atoms with Crippen LogP contribution in [0.5, 0.6) is 0 Å². The van der Waals surface area contributed by atoms with Crippen LogP contribution < -0.4 is 5.32 Å². The molecule has 0 amide bonds. The van der Waals surface area contributed by atoms with Crippen LogP contribution in [0.2, 0.25) is 0 Å². The fraction of sp³-hybridized carbons (Fsp3) is 0.647. The Hall–Kier alpha value is -0.900. The van der Waals surface area contributed by atoms with E-state index in [1.165, 1.54) is 44.7 Å². The molecule has 0 radical (unpaired) electrons. The van der Waals surface area contributed by atoms with Crippen LogP contribution in [-0.2, 0) is 0 Å². The maximum atomic E-state index is 3.45. The molecule has 1 fully saturated rings. The molecule has 112 valence electrons. The third kappa shape index (κ3) is 4.05. The van der Waals surface area contributed by atoms with Gasteiger partial charge in [-0.1, -0.05) is 37.3 Å². The first-order valence-electron chi connectivity index (χ1n) is 7.93. The molecule has 0 aromatic heterocycles. The molecule has 2 unspecified atom stereocenters. The minimum absolute atomic E-state index is 0.468. The van der Waals surface area contributed by atoms with Crippen LogP contribution >= 0.6 is 0 Å². The highest BCUT2D eigenvalue weighted by Gasteiger charge is 2.22. The molecule has 1 N–H and O–H groups in total. The van der Waals surface area contributed by atoms with Crippen LogP contribution in [0.25, 0.3) is 0 Å². The summed E-state index contributed by atoms with van der Waals surface area (Å²) in [6.45, 7) is 10.6. The van der Waals surface area contributed by atoms with E-state index in [1.807, 2.05) is 0 Å². The standard InChI is InChI=1S/C17H29N3/c1-4-20-13-12-19(14-15(20)2)11-10-17(18-3)16-8-6-5-7-9-16/h5-9,15,17-18H,4,10-14H2,1-3H3. The van der Waals surface area contributed by atoms with E-state index >= 15 is 0 Å². The molecule has 2 rings (SSSR count). The molecule has 0 saturated carbocycles. The van der Waals surface area contributed by atoms with Gasteiger partial charge in [-0.25, -0.2) is 0 Å². The number of rotatable bonds is 6. The van der Waals surface area contributed by atoms with Crippen molar-refractivity contribution in [1.82, 2.24) is 15.1 Å². The summed E-state index contributed by atoms with van der Waals surface area (Å²) < 4.78 is 0. The molecule has 1 aliphatic heterocycles. The summed E-state index contributed by atoms with van der Waals surface area (Å²) in [5.74, 6) is 0. The SMILES string of the molecule is CCN1CCN(CCC(NC)c2ccccc2)CC1C. The van der Waals surface area contributed by atoms with Crippen molar-refractivity contribution in [3.8, 4) is 0 Å². The van der Waals surface area contributed by atoms with Gasteiger partial charge < -0.3 is 10.2 Å². The molecule has 20 heavy (non-hydrogen) atoms. The van der Waals surface area contributed by atoms with Crippen molar-refractivity contribution in [2.45, 2.75) is 32.4 Å². The topological polar surface area (TPSA) is 18.5 Å². The number of nitrogens with one attached hydrogen (secondary N) is 1. The van der Waals surface area contributed by atoms with Crippen molar-refractivity contribution in [2.75, 3.05) is 39.8 Å². The molecule has 1 aromatic rings. The van der Waals surface area contributed by atoms with E-state index in [9.17, 15) is 0 Å². The van der Waals surface area contributed by atoms with Crippen molar-refractivity contribution in [1.29, 1.82) is 0 Å². The van der Waals surface area contributed by atoms with Gasteiger partial charge in [0, 0.05) is 38.3 Å². The van der Waals surface area contributed by atoms with Crippen LogP contribution in [-0.4, -0.2) is 55.6 Å². The molecular weight excluding hydrogens is 246 g/mol. The van der Waals surface area contributed by atoms with Gasteiger partial charge in [0.25, 0.3) is 0 Å². The van der Waals surface area contributed by atoms with Gasteiger partial charge in [0.1, 0.15) is 0 Å². The van der Waals surface area contributed by atoms with E-state index in [0.717, 1.165) is 0 Å². The second kappa shape index (κ2) is 7.77. The highest BCUT2D eigenvalue weighted by atomic mass is 15.3. The Balaban J connectivity index is 1.82. The number of piperazine rings is 1. The summed E-state index contributed by atoms with van der Waals surface area (Å²) >= 11 is 0. The van der Waals surface area contributed by atoms with Crippen molar-refractivity contribution >= 4 is 0 Å². The van der Waals surface area contributed by atoms with E-state index in [0.29, 0.717) is 12.1 Å². The van der Waals surface area contributed by atoms with Gasteiger partial charge in [0.15, 0.2) is 0 Å². The summed E-state index contributed by atoms with van der Waals surface area (Å²) in [7, 11) is 2.06. The lowest BCUT2D eigenvalue weighted by Crippen LogP contribution is -2.51. The number of benzene rings is 1. The summed E-state index contributed by atoms with van der Waals surface area (Å²) in [4.78, 5) is 5.19. The predicted octanol–water partition coefficient (Wildman–Crippen LogP) is 2.36. The number of hydrogen-bond donors (Lipinski definition) is 1. The third-order valence-corrected chi connectivity index (χ3v) is 4.54. The molecule has 2 atom stereocenters. The molecule has 3 nitrogen and oxygen atoms in total. The van der Waals surface area contributed by atoms with E-state index in [4.69, 9.17) is 0 Å². The Labute approximate surface area is 124 Å². The van der Waals surface area contributed by atoms with Crippen molar-refractivity contribution in [3.05, 3.63) is 35.9 Å². The molecule has 0 spiro atoms. The molecular formula is C17H29N3. The van der Waals surface area contributed by atoms with Crippen molar-refractivity contribution in [2.24, 2.45) is 0 Å². The molecule has 0 bridgehead atoms. The fourth-order valence-corrected chi connectivity index (χ4v) is 3.22. The van der Waals surface area contributed by atoms with Crippen LogP contribution in [0.4, 0.5) is 0 Å². The zero-order valence-corrected chi connectivity index (χ0v) is 13.2. The van der Waals surface area contributed by atoms with Crippen LogP contribution in [0.3, 0.4) is 0 Å². The Kier molecular flexibility index (Phi) is 6.02. The first kappa shape index (κ1) is 15.5. The van der Waals surface area contributed by atoms with Crippen LogP contribution in [0, 0.1) is 0 Å². The Bertz CT molecular complexity index is 379. The minimum atomic E-state index is 0.468. The largest absolute Gasteiger partial charge is 0.313 e. The highest BCUT2D eigenvalue weighted by molar-refractivity contribution is 5.18. The Morgan fingerprint density at radius 2 is 2.00 bits per heavy atom. The number of nitrogens with zero attached hydrogens (tertiary/aromatic N) is 2. The smallest absolute Gasteiger partial charge is 0.0329 e. The molecule has 3 heteroatoms. The van der Waals surface area contributed by atoms with E-state index < -0.39 is 0 Å². The Morgan fingerprint density at radius 3 is 2.60 bits per heavy atom. The average Bonchev–Trinajstić information content (AvgIpc) is 2.49. The Morgan fingerprint density at radius 1 is 1.25 bits per heavy atom. The lowest BCUT2D eigenvalue weighted by molar-refractivity contribution is 0.0854. The average molecular weight is 275 g/mol. The second-order valence-electron chi connectivity index (χ2n) is 5.82. The van der Waals surface area contributed by atoms with Gasteiger partial charge >= 0.3 is 0 Å². The first-order valence-corrected chi connectivity index (χ1v) is 7.93. The monoisotopic (exact) mass is 275 g/mol. The highest BCUT2D eigenvalue weighted by Crippen LogP contribution is 2.17. The van der Waals surface area contributed by atoms with E-state index in [1.54, 1.807) is 0 Å². The molecule has 1 saturated heterocycles. The van der Waals surface area contributed by atoms with E-state index in [-0.39, 0.29) is 0 Å². The maximum absolute atomic E-state index is 3.45. The van der Waals surface area contributed by atoms with Crippen LogP contribution in [0.1, 0.15) is 31.9 Å². The van der Waals surface area contributed by atoms with Gasteiger partial charge in [0.2, 0.25) is 0 Å². The lowest BCUT2D eigenvalue weighted by atomic mass is 10.0. The number of likely N-dealkylation sites (N-methyl/N-ethyl adjacent to an activating group) is 1. The summed E-state index contributed by atoms with van der Waals surface area (Å²) in [5, 5.41) is 3.45. The van der Waals surface area contributed by atoms with Gasteiger partial charge in [0.05, 0.1) is 0 Å².